The third-order valence-corrected chi connectivity index (χ3v) is 3.08. The highest BCUT2D eigenvalue weighted by atomic mass is 16.5. The van der Waals surface area contributed by atoms with E-state index in [1.165, 1.54) is 0 Å². The summed E-state index contributed by atoms with van der Waals surface area (Å²) in [6.07, 6.45) is 1.25. The van der Waals surface area contributed by atoms with Crippen LogP contribution in [0.1, 0.15) is 30.1 Å². The van der Waals surface area contributed by atoms with Crippen LogP contribution in [0.25, 0.3) is 0 Å². The first-order chi connectivity index (χ1) is 10.5. The van der Waals surface area contributed by atoms with Gasteiger partial charge in [0, 0.05) is 45.5 Å². The number of anilines is 2. The maximum Gasteiger partial charge on any atom is 0.253 e. The van der Waals surface area contributed by atoms with Gasteiger partial charge >= 0.3 is 0 Å². The predicted molar refractivity (Wildman–Crippen MR) is 88.5 cm³/mol. The summed E-state index contributed by atoms with van der Waals surface area (Å²) in [5.74, 6) is -0.238. The Kier molecular flexibility index (Phi) is 7.39. The van der Waals surface area contributed by atoms with E-state index in [-0.39, 0.29) is 11.8 Å². The average Bonchev–Trinajstić information content (AvgIpc) is 2.47. The highest BCUT2D eigenvalue weighted by molar-refractivity contribution is 6.02. The smallest absolute Gasteiger partial charge is 0.253 e. The zero-order valence-corrected chi connectivity index (χ0v) is 13.7. The minimum atomic E-state index is -0.188. The van der Waals surface area contributed by atoms with E-state index >= 15 is 0 Å². The van der Waals surface area contributed by atoms with Gasteiger partial charge in [-0.1, -0.05) is 6.92 Å². The molecule has 0 aromatic heterocycles. The van der Waals surface area contributed by atoms with E-state index < -0.39 is 0 Å². The van der Waals surface area contributed by atoms with Crippen LogP contribution in [0.4, 0.5) is 11.4 Å². The number of rotatable bonds is 8. The summed E-state index contributed by atoms with van der Waals surface area (Å²) < 4.78 is 4.93. The first-order valence-corrected chi connectivity index (χ1v) is 7.38. The summed E-state index contributed by atoms with van der Waals surface area (Å²) >= 11 is 0. The second kappa shape index (κ2) is 9.04. The van der Waals surface area contributed by atoms with Crippen molar-refractivity contribution >= 4 is 23.2 Å². The lowest BCUT2D eigenvalue weighted by molar-refractivity contribution is -0.116. The summed E-state index contributed by atoms with van der Waals surface area (Å²) in [6, 6.07) is 5.33. The maximum atomic E-state index is 12.3. The van der Waals surface area contributed by atoms with Gasteiger partial charge in [-0.2, -0.15) is 0 Å². The molecule has 0 fully saturated rings. The summed E-state index contributed by atoms with van der Waals surface area (Å²) in [4.78, 5) is 25.9. The van der Waals surface area contributed by atoms with Crippen molar-refractivity contribution in [3.8, 4) is 0 Å². The molecule has 0 atom stereocenters. The molecule has 0 heterocycles. The Labute approximate surface area is 131 Å². The summed E-state index contributed by atoms with van der Waals surface area (Å²) in [5, 5.41) is 5.61. The molecule has 0 saturated carbocycles. The van der Waals surface area contributed by atoms with Crippen LogP contribution in [0.15, 0.2) is 18.2 Å². The highest BCUT2D eigenvalue weighted by Crippen LogP contribution is 2.23. The van der Waals surface area contributed by atoms with Gasteiger partial charge in [0.15, 0.2) is 0 Å². The highest BCUT2D eigenvalue weighted by Gasteiger charge is 2.14. The summed E-state index contributed by atoms with van der Waals surface area (Å²) in [5.41, 5.74) is 1.94. The van der Waals surface area contributed by atoms with E-state index in [2.05, 4.69) is 10.6 Å². The number of benzene rings is 1. The van der Waals surface area contributed by atoms with Gasteiger partial charge in [-0.25, -0.2) is 0 Å². The Morgan fingerprint density at radius 2 is 2.00 bits per heavy atom. The van der Waals surface area contributed by atoms with E-state index in [1.807, 2.05) is 32.0 Å². The lowest BCUT2D eigenvalue weighted by Gasteiger charge is -2.18. The van der Waals surface area contributed by atoms with Gasteiger partial charge in [0.2, 0.25) is 5.91 Å². The number of methoxy groups -OCH3 is 1. The lowest BCUT2D eigenvalue weighted by Crippen LogP contribution is -2.28. The van der Waals surface area contributed by atoms with Gasteiger partial charge in [0.1, 0.15) is 0 Å². The zero-order chi connectivity index (χ0) is 16.5. The molecule has 0 bridgehead atoms. The molecule has 0 aliphatic rings. The van der Waals surface area contributed by atoms with Crippen LogP contribution in [0.3, 0.4) is 0 Å². The van der Waals surface area contributed by atoms with Gasteiger partial charge in [0.25, 0.3) is 5.91 Å². The van der Waals surface area contributed by atoms with Crippen LogP contribution >= 0.6 is 0 Å². The molecular weight excluding hydrogens is 282 g/mol. The molecule has 0 spiro atoms. The van der Waals surface area contributed by atoms with Crippen LogP contribution in [0, 0.1) is 0 Å². The molecule has 6 nitrogen and oxygen atoms in total. The number of ether oxygens (including phenoxy) is 1. The fraction of sp³-hybridized carbons (Fsp3) is 0.500. The van der Waals surface area contributed by atoms with Crippen LogP contribution in [-0.2, 0) is 9.53 Å². The molecule has 0 aliphatic carbocycles. The lowest BCUT2D eigenvalue weighted by atomic mass is 10.1. The molecule has 2 amide bonds. The van der Waals surface area contributed by atoms with Gasteiger partial charge in [-0.05, 0) is 24.6 Å². The van der Waals surface area contributed by atoms with E-state index in [1.54, 1.807) is 19.2 Å². The SMILES string of the molecule is CCCC(=O)Nc1ccc(N(C)C)c(C(=O)NCCOC)c1. The van der Waals surface area contributed by atoms with Crippen molar-refractivity contribution in [1.82, 2.24) is 5.32 Å². The second-order valence-electron chi connectivity index (χ2n) is 5.17. The molecule has 122 valence electrons. The number of carbonyl (C=O) groups is 2. The summed E-state index contributed by atoms with van der Waals surface area (Å²) in [6.45, 7) is 2.84. The first kappa shape index (κ1) is 18.0. The monoisotopic (exact) mass is 307 g/mol. The standard InChI is InChI=1S/C16H25N3O3/c1-5-6-15(20)18-12-7-8-14(19(2)3)13(11-12)16(21)17-9-10-22-4/h7-8,11H,5-6,9-10H2,1-4H3,(H,17,21)(H,18,20). The number of carbonyl (C=O) groups excluding carboxylic acids is 2. The normalized spacial score (nSPS) is 10.2. The number of hydrogen-bond donors (Lipinski definition) is 2. The van der Waals surface area contributed by atoms with Gasteiger partial charge < -0.3 is 20.3 Å². The van der Waals surface area contributed by atoms with Gasteiger partial charge in [-0.3, -0.25) is 9.59 Å². The molecule has 1 aromatic rings. The van der Waals surface area contributed by atoms with Crippen molar-refractivity contribution in [3.05, 3.63) is 23.8 Å². The first-order valence-electron chi connectivity index (χ1n) is 7.38. The quantitative estimate of drug-likeness (QED) is 0.719. The third kappa shape index (κ3) is 5.37. The minimum absolute atomic E-state index is 0.0501. The van der Waals surface area contributed by atoms with Crippen LogP contribution < -0.4 is 15.5 Å². The van der Waals surface area contributed by atoms with E-state index in [0.29, 0.717) is 30.8 Å². The third-order valence-electron chi connectivity index (χ3n) is 3.08. The molecule has 0 unspecified atom stereocenters. The number of nitrogens with zero attached hydrogens (tertiary/aromatic N) is 1. The predicted octanol–water partition coefficient (Wildman–Crippen LogP) is 1.87. The molecule has 1 rings (SSSR count). The van der Waals surface area contributed by atoms with E-state index in [0.717, 1.165) is 12.1 Å². The molecule has 0 aliphatic heterocycles. The number of nitrogens with one attached hydrogen (secondary N) is 2. The topological polar surface area (TPSA) is 70.7 Å². The van der Waals surface area contributed by atoms with Crippen LogP contribution in [0.2, 0.25) is 0 Å². The Balaban J connectivity index is 2.94. The van der Waals surface area contributed by atoms with Crippen LogP contribution in [-0.4, -0.2) is 46.2 Å². The number of amides is 2. The molecule has 6 heteroatoms. The molecule has 0 radical (unpaired) electrons. The fourth-order valence-corrected chi connectivity index (χ4v) is 2.00. The van der Waals surface area contributed by atoms with E-state index in [9.17, 15) is 9.59 Å². The average molecular weight is 307 g/mol. The molecule has 22 heavy (non-hydrogen) atoms. The minimum Gasteiger partial charge on any atom is -0.383 e. The Morgan fingerprint density at radius 3 is 2.59 bits per heavy atom. The zero-order valence-electron chi connectivity index (χ0n) is 13.7. The molecule has 2 N–H and O–H groups in total. The fourth-order valence-electron chi connectivity index (χ4n) is 2.00. The second-order valence-corrected chi connectivity index (χ2v) is 5.17. The van der Waals surface area contributed by atoms with Gasteiger partial charge in [-0.15, -0.1) is 0 Å². The van der Waals surface area contributed by atoms with Crippen molar-refractivity contribution in [1.29, 1.82) is 0 Å². The summed E-state index contributed by atoms with van der Waals surface area (Å²) in [7, 11) is 5.33. The van der Waals surface area contributed by atoms with Crippen molar-refractivity contribution in [3.63, 3.8) is 0 Å². The van der Waals surface area contributed by atoms with Crippen LogP contribution in [0.5, 0.6) is 0 Å². The number of hydrogen-bond acceptors (Lipinski definition) is 4. The van der Waals surface area contributed by atoms with Crippen molar-refractivity contribution in [2.24, 2.45) is 0 Å². The molecule has 1 aromatic carbocycles. The maximum absolute atomic E-state index is 12.3. The Bertz CT molecular complexity index is 515. The Morgan fingerprint density at radius 1 is 1.27 bits per heavy atom. The molecular formula is C16H25N3O3. The molecule has 0 saturated heterocycles. The van der Waals surface area contributed by atoms with Crippen molar-refractivity contribution < 1.29 is 14.3 Å². The van der Waals surface area contributed by atoms with E-state index in [4.69, 9.17) is 4.74 Å². The largest absolute Gasteiger partial charge is 0.383 e. The van der Waals surface area contributed by atoms with Crippen molar-refractivity contribution in [2.75, 3.05) is 44.6 Å². The Hall–Kier alpha value is -2.08. The van der Waals surface area contributed by atoms with Crippen molar-refractivity contribution in [2.45, 2.75) is 19.8 Å². The van der Waals surface area contributed by atoms with Gasteiger partial charge in [0.05, 0.1) is 12.2 Å².